The molecule has 0 bridgehead atoms. The van der Waals surface area contributed by atoms with Gasteiger partial charge in [0.05, 0.1) is 6.61 Å². The lowest BCUT2D eigenvalue weighted by atomic mass is 9.81. The van der Waals surface area contributed by atoms with Gasteiger partial charge in [-0.25, -0.2) is 4.99 Å². The maximum atomic E-state index is 14.5. The minimum Gasteiger partial charge on any atom is -0.494 e. The third-order valence-corrected chi connectivity index (χ3v) is 8.31. The number of carbonyl (C=O) groups is 1. The summed E-state index contributed by atoms with van der Waals surface area (Å²) in [6.07, 6.45) is -0.248. The number of rotatable bonds is 12. The van der Waals surface area contributed by atoms with Crippen molar-refractivity contribution < 1.29 is 19.4 Å². The van der Waals surface area contributed by atoms with Gasteiger partial charge in [0.2, 0.25) is 5.90 Å². The molecular formula is C33H29BrClN5O4. The van der Waals surface area contributed by atoms with Gasteiger partial charge in [0.1, 0.15) is 5.75 Å². The molecule has 4 aromatic rings. The summed E-state index contributed by atoms with van der Waals surface area (Å²) in [5.74, 6) is 0.532. The number of hydrogen-bond acceptors (Lipinski definition) is 6. The Morgan fingerprint density at radius 2 is 1.75 bits per heavy atom. The number of aliphatic hydroxyl groups excluding tert-OH is 1. The number of amides is 1. The third kappa shape index (κ3) is 6.90. The van der Waals surface area contributed by atoms with Crippen LogP contribution in [0.3, 0.4) is 0 Å². The van der Waals surface area contributed by atoms with Crippen LogP contribution in [-0.2, 0) is 22.5 Å². The SMILES string of the molecule is [N-]=[N+]=Nc1ccccc1C[C@@]1(C(=O)NCc2ccccc2Cl)N=C(c2ccc(OCCCO)cc2)O[C@@H]1c1ccccc1Br. The zero-order valence-corrected chi connectivity index (χ0v) is 25.9. The molecule has 0 unspecified atom stereocenters. The van der Waals surface area contributed by atoms with Crippen LogP contribution in [0.4, 0.5) is 5.69 Å². The number of halogens is 2. The fraction of sp³-hybridized carbons (Fsp3) is 0.212. The van der Waals surface area contributed by atoms with Crippen LogP contribution in [-0.4, -0.2) is 35.7 Å². The van der Waals surface area contributed by atoms with Crippen LogP contribution >= 0.6 is 27.5 Å². The Hall–Kier alpha value is -4.34. The molecule has 0 saturated carbocycles. The molecule has 44 heavy (non-hydrogen) atoms. The molecule has 0 aromatic heterocycles. The first-order valence-electron chi connectivity index (χ1n) is 13.9. The number of ether oxygens (including phenoxy) is 2. The summed E-state index contributed by atoms with van der Waals surface area (Å²) in [4.78, 5) is 22.5. The van der Waals surface area contributed by atoms with Crippen molar-refractivity contribution in [3.05, 3.63) is 139 Å². The maximum Gasteiger partial charge on any atom is 0.252 e. The molecule has 2 N–H and O–H groups in total. The van der Waals surface area contributed by atoms with Gasteiger partial charge in [-0.2, -0.15) is 0 Å². The molecule has 0 aliphatic carbocycles. The topological polar surface area (TPSA) is 129 Å². The van der Waals surface area contributed by atoms with E-state index in [1.807, 2.05) is 66.7 Å². The molecule has 5 rings (SSSR count). The summed E-state index contributed by atoms with van der Waals surface area (Å²) >= 11 is 10.1. The summed E-state index contributed by atoms with van der Waals surface area (Å²) in [5, 5.41) is 16.5. The Labute approximate surface area is 268 Å². The molecule has 1 aliphatic rings. The van der Waals surface area contributed by atoms with E-state index in [1.54, 1.807) is 30.3 Å². The van der Waals surface area contributed by atoms with Gasteiger partial charge in [-0.05, 0) is 53.1 Å². The minimum absolute atomic E-state index is 0.0442. The average Bonchev–Trinajstić information content (AvgIpc) is 3.42. The average molecular weight is 675 g/mol. The number of azide groups is 1. The first-order chi connectivity index (χ1) is 21.4. The van der Waals surface area contributed by atoms with E-state index in [2.05, 4.69) is 31.3 Å². The molecule has 11 heteroatoms. The number of carbonyl (C=O) groups excluding carboxylic acids is 1. The van der Waals surface area contributed by atoms with E-state index in [9.17, 15) is 10.3 Å². The third-order valence-electron chi connectivity index (χ3n) is 7.22. The van der Waals surface area contributed by atoms with Crippen LogP contribution in [0, 0.1) is 0 Å². The van der Waals surface area contributed by atoms with Gasteiger partial charge in [-0.15, -0.1) is 0 Å². The van der Waals surface area contributed by atoms with Crippen LogP contribution in [0.15, 0.2) is 112 Å². The quantitative estimate of drug-likeness (QED) is 0.0693. The Balaban J connectivity index is 1.61. The number of aliphatic hydroxyl groups is 1. The molecule has 1 amide bonds. The Bertz CT molecular complexity index is 1710. The lowest BCUT2D eigenvalue weighted by Crippen LogP contribution is -2.49. The smallest absolute Gasteiger partial charge is 0.252 e. The molecule has 4 aromatic carbocycles. The second-order valence-corrected chi connectivity index (χ2v) is 11.3. The first kappa shape index (κ1) is 31.1. The number of benzene rings is 4. The second-order valence-electron chi connectivity index (χ2n) is 10.1. The summed E-state index contributed by atoms with van der Waals surface area (Å²) < 4.78 is 13.0. The van der Waals surface area contributed by atoms with Gasteiger partial charge in [0, 0.05) is 57.2 Å². The van der Waals surface area contributed by atoms with Crippen molar-refractivity contribution in [2.45, 2.75) is 31.0 Å². The largest absolute Gasteiger partial charge is 0.494 e. The van der Waals surface area contributed by atoms with E-state index < -0.39 is 11.6 Å². The van der Waals surface area contributed by atoms with E-state index in [4.69, 9.17) is 31.2 Å². The molecule has 224 valence electrons. The van der Waals surface area contributed by atoms with Crippen LogP contribution < -0.4 is 10.1 Å². The van der Waals surface area contributed by atoms with Crippen molar-refractivity contribution in [1.29, 1.82) is 0 Å². The zero-order valence-electron chi connectivity index (χ0n) is 23.6. The minimum atomic E-state index is -1.50. The van der Waals surface area contributed by atoms with E-state index in [1.165, 1.54) is 0 Å². The van der Waals surface area contributed by atoms with Crippen LogP contribution in [0.2, 0.25) is 5.02 Å². The number of nitrogens with one attached hydrogen (secondary N) is 1. The Morgan fingerprint density at radius 3 is 2.48 bits per heavy atom. The predicted octanol–water partition coefficient (Wildman–Crippen LogP) is 7.62. The molecule has 0 radical (unpaired) electrons. The molecule has 2 atom stereocenters. The van der Waals surface area contributed by atoms with E-state index >= 15 is 0 Å². The highest BCUT2D eigenvalue weighted by molar-refractivity contribution is 9.10. The van der Waals surface area contributed by atoms with Gasteiger partial charge in [-0.3, -0.25) is 4.79 Å². The summed E-state index contributed by atoms with van der Waals surface area (Å²) in [6.45, 7) is 0.602. The standard InChI is InChI=1S/C33H29BrClN5O4/c34-27-11-4-3-10-26(27)30-33(20-23-8-2-6-13-29(23)39-40-36,32(42)37-21-24-9-1-5-12-28(24)35)38-31(44-30)22-14-16-25(17-15-22)43-19-7-18-41/h1-6,8-17,30,41H,7,18-21H2,(H,37,42)/t30-,33-/m1/s1. The summed E-state index contributed by atoms with van der Waals surface area (Å²) in [7, 11) is 0. The van der Waals surface area contributed by atoms with Crippen molar-refractivity contribution in [2.75, 3.05) is 13.2 Å². The highest BCUT2D eigenvalue weighted by Gasteiger charge is 2.54. The molecule has 0 fully saturated rings. The Kier molecular flexibility index (Phi) is 10.2. The molecule has 1 heterocycles. The van der Waals surface area contributed by atoms with Crippen LogP contribution in [0.1, 0.15) is 34.8 Å². The molecule has 0 spiro atoms. The van der Waals surface area contributed by atoms with Crippen molar-refractivity contribution in [3.63, 3.8) is 0 Å². The van der Waals surface area contributed by atoms with Crippen molar-refractivity contribution in [3.8, 4) is 5.75 Å². The number of hydrogen-bond donors (Lipinski definition) is 2. The van der Waals surface area contributed by atoms with Crippen molar-refractivity contribution >= 4 is 45.0 Å². The van der Waals surface area contributed by atoms with Gasteiger partial charge in [0.25, 0.3) is 5.91 Å². The van der Waals surface area contributed by atoms with E-state index in [0.717, 1.165) is 15.6 Å². The molecule has 9 nitrogen and oxygen atoms in total. The van der Waals surface area contributed by atoms with Crippen molar-refractivity contribution in [2.24, 2.45) is 10.1 Å². The van der Waals surface area contributed by atoms with Crippen molar-refractivity contribution in [1.82, 2.24) is 5.32 Å². The number of nitrogens with zero attached hydrogens (tertiary/aromatic N) is 4. The second kappa shape index (κ2) is 14.4. The fourth-order valence-electron chi connectivity index (χ4n) is 5.01. The highest BCUT2D eigenvalue weighted by atomic mass is 79.9. The van der Waals surface area contributed by atoms with Crippen LogP contribution in [0.25, 0.3) is 10.4 Å². The van der Waals surface area contributed by atoms with Crippen LogP contribution in [0.5, 0.6) is 5.75 Å². The summed E-state index contributed by atoms with van der Waals surface area (Å²) in [6, 6.07) is 29.2. The summed E-state index contributed by atoms with van der Waals surface area (Å²) in [5.41, 5.74) is 10.9. The highest BCUT2D eigenvalue weighted by Crippen LogP contribution is 2.45. The lowest BCUT2D eigenvalue weighted by molar-refractivity contribution is -0.129. The van der Waals surface area contributed by atoms with E-state index in [-0.39, 0.29) is 31.4 Å². The molecular weight excluding hydrogens is 646 g/mol. The lowest BCUT2D eigenvalue weighted by Gasteiger charge is -2.31. The van der Waals surface area contributed by atoms with E-state index in [0.29, 0.717) is 40.6 Å². The normalized spacial score (nSPS) is 17.2. The molecule has 1 aliphatic heterocycles. The fourth-order valence-corrected chi connectivity index (χ4v) is 5.71. The van der Waals surface area contributed by atoms with Gasteiger partial charge >= 0.3 is 0 Å². The predicted molar refractivity (Wildman–Crippen MR) is 173 cm³/mol. The van der Waals surface area contributed by atoms with Gasteiger partial charge in [-0.1, -0.05) is 93.3 Å². The van der Waals surface area contributed by atoms with Gasteiger partial charge < -0.3 is 19.9 Å². The first-order valence-corrected chi connectivity index (χ1v) is 15.1. The van der Waals surface area contributed by atoms with Gasteiger partial charge in [0.15, 0.2) is 11.6 Å². The zero-order chi connectivity index (χ0) is 30.9. The Morgan fingerprint density at radius 1 is 1.05 bits per heavy atom. The number of aliphatic imine (C=N–C) groups is 1. The molecule has 0 saturated heterocycles. The monoisotopic (exact) mass is 673 g/mol. The maximum absolute atomic E-state index is 14.5.